The van der Waals surface area contributed by atoms with E-state index in [9.17, 15) is 14.4 Å². The molecule has 29 heavy (non-hydrogen) atoms. The number of Topliss-reactive ketones (excluding diaryl/α,β-unsaturated/α-hetero) is 1. The lowest BCUT2D eigenvalue weighted by Crippen LogP contribution is -2.35. The van der Waals surface area contributed by atoms with Gasteiger partial charge >= 0.3 is 0 Å². The van der Waals surface area contributed by atoms with Crippen LogP contribution < -0.4 is 5.32 Å². The Morgan fingerprint density at radius 1 is 1.21 bits per heavy atom. The summed E-state index contributed by atoms with van der Waals surface area (Å²) in [6.45, 7) is 6.45. The highest BCUT2D eigenvalue weighted by atomic mass is 16.2. The highest BCUT2D eigenvalue weighted by molar-refractivity contribution is 5.95. The number of amides is 2. The van der Waals surface area contributed by atoms with Gasteiger partial charge in [-0.25, -0.2) is 4.98 Å². The zero-order valence-electron chi connectivity index (χ0n) is 17.4. The van der Waals surface area contributed by atoms with E-state index in [1.165, 1.54) is 6.92 Å². The minimum absolute atomic E-state index is 0.0681. The lowest BCUT2D eigenvalue weighted by molar-refractivity contribution is -0.130. The van der Waals surface area contributed by atoms with E-state index in [1.807, 2.05) is 25.1 Å². The van der Waals surface area contributed by atoms with E-state index in [-0.39, 0.29) is 23.5 Å². The molecule has 2 rings (SSSR count). The first-order valence-electron chi connectivity index (χ1n) is 9.99. The summed E-state index contributed by atoms with van der Waals surface area (Å²) in [6.07, 6.45) is 5.28. The Labute approximate surface area is 171 Å². The fourth-order valence-corrected chi connectivity index (χ4v) is 3.27. The highest BCUT2D eigenvalue weighted by Crippen LogP contribution is 2.17. The second-order valence-corrected chi connectivity index (χ2v) is 7.32. The second-order valence-electron chi connectivity index (χ2n) is 7.32. The highest BCUT2D eigenvalue weighted by Gasteiger charge is 2.19. The molecule has 1 unspecified atom stereocenters. The molecule has 0 radical (unpaired) electrons. The smallest absolute Gasteiger partial charge is 0.251 e. The molecule has 0 aliphatic heterocycles. The number of nitrogens with zero attached hydrogens (tertiary/aromatic N) is 2. The Bertz CT molecular complexity index is 817. The molecule has 2 N–H and O–H groups in total. The van der Waals surface area contributed by atoms with Crippen molar-refractivity contribution in [3.63, 3.8) is 0 Å². The number of carbonyl (C=O) groups is 3. The van der Waals surface area contributed by atoms with Crippen molar-refractivity contribution in [1.82, 2.24) is 20.2 Å². The van der Waals surface area contributed by atoms with Gasteiger partial charge in [0.1, 0.15) is 5.78 Å². The molecule has 0 spiro atoms. The zero-order valence-corrected chi connectivity index (χ0v) is 17.4. The van der Waals surface area contributed by atoms with Gasteiger partial charge in [0.05, 0.1) is 6.33 Å². The number of aromatic amines is 1. The average molecular weight is 399 g/mol. The van der Waals surface area contributed by atoms with Gasteiger partial charge in [0.2, 0.25) is 5.91 Å². The maximum Gasteiger partial charge on any atom is 0.251 e. The number of nitrogens with one attached hydrogen (secondary N) is 2. The molecule has 1 aromatic heterocycles. The molecule has 0 bridgehead atoms. The van der Waals surface area contributed by atoms with Crippen LogP contribution in [0.1, 0.15) is 55.2 Å². The fourth-order valence-electron chi connectivity index (χ4n) is 3.27. The lowest BCUT2D eigenvalue weighted by Gasteiger charge is -2.26. The van der Waals surface area contributed by atoms with E-state index in [1.54, 1.807) is 30.4 Å². The predicted octanol–water partition coefficient (Wildman–Crippen LogP) is 2.74. The molecule has 0 saturated carbocycles. The van der Waals surface area contributed by atoms with Crippen molar-refractivity contribution in [2.45, 2.75) is 46.6 Å². The number of H-pyrrole nitrogens is 1. The molecule has 7 nitrogen and oxygen atoms in total. The summed E-state index contributed by atoms with van der Waals surface area (Å²) in [6, 6.07) is 7.32. The minimum Gasteiger partial charge on any atom is -0.352 e. The third-order valence-corrected chi connectivity index (χ3v) is 4.94. The van der Waals surface area contributed by atoms with E-state index in [0.717, 1.165) is 17.7 Å². The molecule has 7 heteroatoms. The summed E-state index contributed by atoms with van der Waals surface area (Å²) in [5, 5.41) is 2.92. The molecular weight excluding hydrogens is 368 g/mol. The standard InChI is InChI=1S/C22H30N4O3/c1-4-18(11-16(2)27)13-26(17(3)28)14-19-7-5-6-8-21(19)22(29)24-10-9-20-12-23-15-25-20/h5-8,12,15,18H,4,9-11,13-14H2,1-3H3,(H,23,25)(H,24,29). The molecule has 0 fully saturated rings. The first kappa shape index (κ1) is 22.3. The molecule has 0 saturated heterocycles. The van der Waals surface area contributed by atoms with Gasteiger partial charge in [-0.15, -0.1) is 0 Å². The lowest BCUT2D eigenvalue weighted by atomic mass is 9.98. The number of imidazole rings is 1. The van der Waals surface area contributed by atoms with Gasteiger partial charge in [0.25, 0.3) is 5.91 Å². The van der Waals surface area contributed by atoms with Gasteiger partial charge in [-0.3, -0.25) is 9.59 Å². The van der Waals surface area contributed by atoms with E-state index in [4.69, 9.17) is 0 Å². The molecule has 2 amide bonds. The van der Waals surface area contributed by atoms with E-state index < -0.39 is 0 Å². The largest absolute Gasteiger partial charge is 0.352 e. The van der Waals surface area contributed by atoms with Gasteiger partial charge in [-0.05, 0) is 24.5 Å². The van der Waals surface area contributed by atoms with Gasteiger partial charge in [-0.2, -0.15) is 0 Å². The number of hydrogen-bond acceptors (Lipinski definition) is 4. The number of ketones is 1. The Balaban J connectivity index is 2.05. The summed E-state index contributed by atoms with van der Waals surface area (Å²) < 4.78 is 0. The quantitative estimate of drug-likeness (QED) is 0.608. The van der Waals surface area contributed by atoms with E-state index >= 15 is 0 Å². The van der Waals surface area contributed by atoms with Gasteiger partial charge in [-0.1, -0.05) is 31.5 Å². The third-order valence-electron chi connectivity index (χ3n) is 4.94. The topological polar surface area (TPSA) is 95.2 Å². The Morgan fingerprint density at radius 3 is 2.59 bits per heavy atom. The number of hydrogen-bond donors (Lipinski definition) is 2. The predicted molar refractivity (Wildman–Crippen MR) is 111 cm³/mol. The number of carbonyl (C=O) groups excluding carboxylic acids is 3. The number of benzene rings is 1. The summed E-state index contributed by atoms with van der Waals surface area (Å²) in [5.41, 5.74) is 2.31. The van der Waals surface area contributed by atoms with Crippen LogP contribution in [0.2, 0.25) is 0 Å². The van der Waals surface area contributed by atoms with Gasteiger partial charge in [0.15, 0.2) is 0 Å². The molecule has 156 valence electrons. The Kier molecular flexibility index (Phi) is 8.58. The summed E-state index contributed by atoms with van der Waals surface area (Å²) in [5.74, 6) is 0.00467. The normalized spacial score (nSPS) is 11.7. The van der Waals surface area contributed by atoms with Crippen molar-refractivity contribution >= 4 is 17.6 Å². The van der Waals surface area contributed by atoms with E-state index in [0.29, 0.717) is 38.0 Å². The van der Waals surface area contributed by atoms with Crippen LogP contribution in [0.15, 0.2) is 36.8 Å². The average Bonchev–Trinajstić information content (AvgIpc) is 3.20. The molecular formula is C22H30N4O3. The summed E-state index contributed by atoms with van der Waals surface area (Å²) in [4.78, 5) is 45.1. The summed E-state index contributed by atoms with van der Waals surface area (Å²) >= 11 is 0. The van der Waals surface area contributed by atoms with Crippen molar-refractivity contribution in [1.29, 1.82) is 0 Å². The van der Waals surface area contributed by atoms with E-state index in [2.05, 4.69) is 15.3 Å². The first-order chi connectivity index (χ1) is 13.9. The van der Waals surface area contributed by atoms with Crippen LogP contribution in [0.5, 0.6) is 0 Å². The van der Waals surface area contributed by atoms with Crippen LogP contribution in [-0.4, -0.2) is 45.6 Å². The van der Waals surface area contributed by atoms with Crippen LogP contribution in [0.3, 0.4) is 0 Å². The summed E-state index contributed by atoms with van der Waals surface area (Å²) in [7, 11) is 0. The van der Waals surface area contributed by atoms with Gasteiger partial charge in [0, 0.05) is 56.9 Å². The second kappa shape index (κ2) is 11.1. The van der Waals surface area contributed by atoms with Crippen molar-refractivity contribution in [3.8, 4) is 0 Å². The van der Waals surface area contributed by atoms with Crippen LogP contribution in [-0.2, 0) is 22.6 Å². The van der Waals surface area contributed by atoms with Crippen LogP contribution in [0.4, 0.5) is 0 Å². The maximum absolute atomic E-state index is 12.7. The van der Waals surface area contributed by atoms with Crippen LogP contribution in [0.25, 0.3) is 0 Å². The monoisotopic (exact) mass is 398 g/mol. The molecule has 1 aromatic carbocycles. The zero-order chi connectivity index (χ0) is 21.2. The van der Waals surface area contributed by atoms with Crippen LogP contribution in [0, 0.1) is 5.92 Å². The fraction of sp³-hybridized carbons (Fsp3) is 0.455. The molecule has 1 atom stereocenters. The maximum atomic E-state index is 12.7. The van der Waals surface area contributed by atoms with Crippen molar-refractivity contribution in [3.05, 3.63) is 53.6 Å². The SMILES string of the molecule is CCC(CC(C)=O)CN(Cc1ccccc1C(=O)NCCc1cnc[nH]1)C(C)=O. The Morgan fingerprint density at radius 2 is 1.97 bits per heavy atom. The third kappa shape index (κ3) is 7.18. The van der Waals surface area contributed by atoms with Crippen molar-refractivity contribution in [2.75, 3.05) is 13.1 Å². The molecule has 0 aliphatic carbocycles. The molecule has 1 heterocycles. The first-order valence-corrected chi connectivity index (χ1v) is 9.99. The van der Waals surface area contributed by atoms with Gasteiger partial charge < -0.3 is 20.0 Å². The van der Waals surface area contributed by atoms with Crippen molar-refractivity contribution in [2.24, 2.45) is 5.92 Å². The van der Waals surface area contributed by atoms with Crippen LogP contribution >= 0.6 is 0 Å². The minimum atomic E-state index is -0.167. The Hall–Kier alpha value is -2.96. The van der Waals surface area contributed by atoms with Crippen molar-refractivity contribution < 1.29 is 14.4 Å². The molecule has 2 aromatic rings. The number of rotatable bonds is 11. The molecule has 0 aliphatic rings. The number of aromatic nitrogens is 2.